The number of carbonyl (C=O) groups is 1. The van der Waals surface area contributed by atoms with Crippen LogP contribution in [0.15, 0.2) is 35.2 Å². The van der Waals surface area contributed by atoms with Crippen molar-refractivity contribution in [3.05, 3.63) is 30.3 Å². The van der Waals surface area contributed by atoms with E-state index in [0.29, 0.717) is 0 Å². The van der Waals surface area contributed by atoms with Crippen molar-refractivity contribution in [2.75, 3.05) is 0 Å². The molecule has 0 saturated heterocycles. The smallest absolute Gasteiger partial charge is 0.143 e. The number of carbonyl (C=O) groups excluding carboxylic acids is 1. The van der Waals surface area contributed by atoms with Crippen LogP contribution in [0, 0.1) is 11.8 Å². The van der Waals surface area contributed by atoms with Crippen molar-refractivity contribution in [2.45, 2.75) is 56.8 Å². The average molecular weight is 294 g/mol. The second-order valence-electron chi connectivity index (χ2n) is 5.58. The number of thioether (sulfide) groups is 1. The molecule has 0 aromatic heterocycles. The van der Waals surface area contributed by atoms with Gasteiger partial charge in [-0.05, 0) is 31.4 Å². The lowest BCUT2D eigenvalue weighted by molar-refractivity contribution is -0.118. The van der Waals surface area contributed by atoms with E-state index in [1.807, 2.05) is 37.3 Å². The van der Waals surface area contributed by atoms with E-state index in [4.69, 9.17) is 0 Å². The van der Waals surface area contributed by atoms with Crippen LogP contribution in [0.5, 0.6) is 0 Å². The molecule has 0 aliphatic rings. The Morgan fingerprint density at radius 1 is 1.25 bits per heavy atom. The summed E-state index contributed by atoms with van der Waals surface area (Å²) in [6.07, 6.45) is 1.62. The molecule has 4 atom stereocenters. The van der Waals surface area contributed by atoms with Crippen LogP contribution in [0.4, 0.5) is 0 Å². The first-order valence-corrected chi connectivity index (χ1v) is 8.25. The Balaban J connectivity index is 2.77. The lowest BCUT2D eigenvalue weighted by Gasteiger charge is -2.29. The van der Waals surface area contributed by atoms with Crippen molar-refractivity contribution < 1.29 is 9.90 Å². The number of hydrogen-bond acceptors (Lipinski definition) is 3. The van der Waals surface area contributed by atoms with Gasteiger partial charge in [0.15, 0.2) is 0 Å². The predicted molar refractivity (Wildman–Crippen MR) is 86.0 cm³/mol. The van der Waals surface area contributed by atoms with Crippen LogP contribution >= 0.6 is 11.8 Å². The second-order valence-corrected chi connectivity index (χ2v) is 6.79. The highest BCUT2D eigenvalue weighted by atomic mass is 32.2. The summed E-state index contributed by atoms with van der Waals surface area (Å²) in [5.41, 5.74) is 0. The van der Waals surface area contributed by atoms with E-state index >= 15 is 0 Å². The lowest BCUT2D eigenvalue weighted by atomic mass is 9.87. The Labute approximate surface area is 127 Å². The van der Waals surface area contributed by atoms with Gasteiger partial charge in [-0.3, -0.25) is 4.79 Å². The summed E-state index contributed by atoms with van der Waals surface area (Å²) in [6, 6.07) is 9.93. The summed E-state index contributed by atoms with van der Waals surface area (Å²) in [5.74, 6) is 0.321. The maximum absolute atomic E-state index is 11.9. The van der Waals surface area contributed by atoms with Gasteiger partial charge < -0.3 is 5.11 Å². The van der Waals surface area contributed by atoms with E-state index in [1.54, 1.807) is 18.7 Å². The van der Waals surface area contributed by atoms with Gasteiger partial charge in [-0.15, -0.1) is 11.8 Å². The van der Waals surface area contributed by atoms with Crippen molar-refractivity contribution in [3.8, 4) is 0 Å². The molecule has 4 unspecified atom stereocenters. The quantitative estimate of drug-likeness (QED) is 0.731. The Morgan fingerprint density at radius 2 is 1.85 bits per heavy atom. The third-order valence-corrected chi connectivity index (χ3v) is 5.31. The number of rotatable bonds is 8. The molecule has 0 heterocycles. The molecule has 3 heteroatoms. The van der Waals surface area contributed by atoms with E-state index < -0.39 is 6.10 Å². The number of aliphatic hydroxyl groups excluding tert-OH is 1. The summed E-state index contributed by atoms with van der Waals surface area (Å²) in [7, 11) is 0. The number of benzene rings is 1. The van der Waals surface area contributed by atoms with Crippen molar-refractivity contribution in [1.82, 2.24) is 0 Å². The Morgan fingerprint density at radius 3 is 2.35 bits per heavy atom. The minimum Gasteiger partial charge on any atom is -0.393 e. The average Bonchev–Trinajstić information content (AvgIpc) is 2.44. The van der Waals surface area contributed by atoms with Crippen molar-refractivity contribution >= 4 is 17.5 Å². The molecule has 0 radical (unpaired) electrons. The van der Waals surface area contributed by atoms with Crippen LogP contribution in [0.3, 0.4) is 0 Å². The van der Waals surface area contributed by atoms with E-state index in [9.17, 15) is 9.90 Å². The van der Waals surface area contributed by atoms with Gasteiger partial charge >= 0.3 is 0 Å². The fourth-order valence-corrected chi connectivity index (χ4v) is 3.68. The molecule has 2 nitrogen and oxygen atoms in total. The van der Waals surface area contributed by atoms with Gasteiger partial charge in [0.2, 0.25) is 0 Å². The third kappa shape index (κ3) is 4.95. The molecule has 0 amide bonds. The second kappa shape index (κ2) is 8.48. The predicted octanol–water partition coefficient (Wildman–Crippen LogP) is 4.17. The Hall–Kier alpha value is -0.800. The fraction of sp³-hybridized carbons (Fsp3) is 0.588. The van der Waals surface area contributed by atoms with Crippen molar-refractivity contribution in [2.24, 2.45) is 11.8 Å². The minimum atomic E-state index is -0.430. The van der Waals surface area contributed by atoms with Gasteiger partial charge in [-0.25, -0.2) is 0 Å². The van der Waals surface area contributed by atoms with Gasteiger partial charge in [0.25, 0.3) is 0 Å². The molecule has 1 aromatic rings. The fourth-order valence-electron chi connectivity index (χ4n) is 2.53. The first-order valence-electron chi connectivity index (χ1n) is 7.37. The van der Waals surface area contributed by atoms with Gasteiger partial charge in [0.1, 0.15) is 5.78 Å². The first kappa shape index (κ1) is 17.3. The summed E-state index contributed by atoms with van der Waals surface area (Å²) < 4.78 is 0. The van der Waals surface area contributed by atoms with Crippen molar-refractivity contribution in [1.29, 1.82) is 0 Å². The van der Waals surface area contributed by atoms with Crippen LogP contribution in [-0.4, -0.2) is 22.2 Å². The topological polar surface area (TPSA) is 37.3 Å². The maximum Gasteiger partial charge on any atom is 0.143 e. The molecule has 0 aliphatic carbocycles. The molecular formula is C17H26O2S. The number of aliphatic hydroxyl groups is 1. The van der Waals surface area contributed by atoms with Crippen LogP contribution in [-0.2, 0) is 4.79 Å². The molecule has 1 N–H and O–H groups in total. The van der Waals surface area contributed by atoms with Gasteiger partial charge in [-0.1, -0.05) is 45.4 Å². The standard InChI is InChI=1S/C17H26O2S/c1-5-9-12(2)16(19)13(3)17(14(4)18)20-15-10-7-6-8-11-15/h6-8,10-13,16-17,19H,5,9H2,1-4H3. The van der Waals surface area contributed by atoms with Crippen molar-refractivity contribution in [3.63, 3.8) is 0 Å². The number of hydrogen-bond donors (Lipinski definition) is 1. The van der Waals surface area contributed by atoms with E-state index in [2.05, 4.69) is 13.8 Å². The number of Topliss-reactive ketones (excluding diaryl/α,β-unsaturated/α-hetero) is 1. The van der Waals surface area contributed by atoms with Crippen LogP contribution in [0.1, 0.15) is 40.5 Å². The maximum atomic E-state index is 11.9. The van der Waals surface area contributed by atoms with Gasteiger partial charge in [-0.2, -0.15) is 0 Å². The highest BCUT2D eigenvalue weighted by Crippen LogP contribution is 2.32. The lowest BCUT2D eigenvalue weighted by Crippen LogP contribution is -2.36. The largest absolute Gasteiger partial charge is 0.393 e. The highest BCUT2D eigenvalue weighted by Gasteiger charge is 2.31. The molecule has 1 rings (SSSR count). The summed E-state index contributed by atoms with van der Waals surface area (Å²) in [5, 5.41) is 10.3. The van der Waals surface area contributed by atoms with Gasteiger partial charge in [0.05, 0.1) is 11.4 Å². The molecule has 20 heavy (non-hydrogen) atoms. The molecule has 0 saturated carbocycles. The molecule has 1 aromatic carbocycles. The molecule has 0 aliphatic heterocycles. The zero-order valence-electron chi connectivity index (χ0n) is 12.9. The van der Waals surface area contributed by atoms with Gasteiger partial charge in [0, 0.05) is 10.8 Å². The molecule has 0 fully saturated rings. The zero-order valence-corrected chi connectivity index (χ0v) is 13.7. The monoisotopic (exact) mass is 294 g/mol. The van der Waals surface area contributed by atoms with E-state index in [-0.39, 0.29) is 22.9 Å². The highest BCUT2D eigenvalue weighted by molar-refractivity contribution is 8.00. The van der Waals surface area contributed by atoms with E-state index in [1.165, 1.54) is 0 Å². The van der Waals surface area contributed by atoms with Crippen LogP contribution < -0.4 is 0 Å². The molecule has 112 valence electrons. The van der Waals surface area contributed by atoms with Crippen LogP contribution in [0.2, 0.25) is 0 Å². The SMILES string of the molecule is CCCC(C)C(O)C(C)C(Sc1ccccc1)C(C)=O. The third-order valence-electron chi connectivity index (χ3n) is 3.75. The first-order chi connectivity index (χ1) is 9.47. The zero-order chi connectivity index (χ0) is 15.1. The minimum absolute atomic E-state index is 0.0424. The molecule has 0 spiro atoms. The Bertz CT molecular complexity index is 405. The Kier molecular flexibility index (Phi) is 7.31. The summed E-state index contributed by atoms with van der Waals surface area (Å²) >= 11 is 1.56. The molecular weight excluding hydrogens is 268 g/mol. The summed E-state index contributed by atoms with van der Waals surface area (Å²) in [6.45, 7) is 7.79. The van der Waals surface area contributed by atoms with Crippen LogP contribution in [0.25, 0.3) is 0 Å². The van der Waals surface area contributed by atoms with E-state index in [0.717, 1.165) is 17.7 Å². The summed E-state index contributed by atoms with van der Waals surface area (Å²) in [4.78, 5) is 13.0. The normalized spacial score (nSPS) is 17.2. The number of ketones is 1. The molecule has 0 bridgehead atoms.